The molecule has 1 amide bonds. The standard InChI is InChI=1S/C15H18ClN3O3/c1-10(9-21-2)17-13(20)7-8-14-18-15(19-22-14)11-5-3-4-6-12(11)16/h3-6,10H,7-9H2,1-2H3,(H,17,20). The van der Waals surface area contributed by atoms with Gasteiger partial charge in [0.05, 0.1) is 11.6 Å². The topological polar surface area (TPSA) is 77.2 Å². The number of nitrogens with zero attached hydrogens (tertiary/aromatic N) is 2. The fourth-order valence-corrected chi connectivity index (χ4v) is 2.19. The van der Waals surface area contributed by atoms with Crippen molar-refractivity contribution < 1.29 is 14.1 Å². The van der Waals surface area contributed by atoms with E-state index in [1.165, 1.54) is 0 Å². The Morgan fingerprint density at radius 2 is 2.23 bits per heavy atom. The van der Waals surface area contributed by atoms with E-state index in [0.29, 0.717) is 35.3 Å². The molecule has 22 heavy (non-hydrogen) atoms. The predicted octanol–water partition coefficient (Wildman–Crippen LogP) is 2.47. The molecule has 2 rings (SSSR count). The van der Waals surface area contributed by atoms with E-state index in [4.69, 9.17) is 20.9 Å². The number of aromatic nitrogens is 2. The lowest BCUT2D eigenvalue weighted by atomic mass is 10.2. The minimum absolute atomic E-state index is 0.0288. The van der Waals surface area contributed by atoms with Gasteiger partial charge in [0.1, 0.15) is 0 Å². The number of amides is 1. The van der Waals surface area contributed by atoms with Crippen LogP contribution in [0.5, 0.6) is 0 Å². The van der Waals surface area contributed by atoms with Crippen molar-refractivity contribution in [2.24, 2.45) is 0 Å². The zero-order valence-electron chi connectivity index (χ0n) is 12.5. The van der Waals surface area contributed by atoms with Gasteiger partial charge in [-0.05, 0) is 19.1 Å². The normalized spacial score (nSPS) is 12.1. The Morgan fingerprint density at radius 1 is 1.45 bits per heavy atom. The molecule has 7 heteroatoms. The van der Waals surface area contributed by atoms with Gasteiger partial charge < -0.3 is 14.6 Å². The molecule has 0 radical (unpaired) electrons. The number of rotatable bonds is 7. The molecule has 1 unspecified atom stereocenters. The van der Waals surface area contributed by atoms with Crippen molar-refractivity contribution in [1.82, 2.24) is 15.5 Å². The third-order valence-electron chi connectivity index (χ3n) is 2.97. The van der Waals surface area contributed by atoms with Gasteiger partial charge in [-0.1, -0.05) is 28.9 Å². The molecule has 1 aromatic carbocycles. The number of hydrogen-bond acceptors (Lipinski definition) is 5. The number of carbonyl (C=O) groups excluding carboxylic acids is 1. The first-order chi connectivity index (χ1) is 10.6. The van der Waals surface area contributed by atoms with Gasteiger partial charge in [0.2, 0.25) is 17.6 Å². The molecule has 1 N–H and O–H groups in total. The number of carbonyl (C=O) groups is 1. The molecule has 6 nitrogen and oxygen atoms in total. The zero-order valence-corrected chi connectivity index (χ0v) is 13.3. The molecule has 0 aliphatic heterocycles. The van der Waals surface area contributed by atoms with Gasteiger partial charge in [-0.3, -0.25) is 4.79 Å². The Hall–Kier alpha value is -1.92. The molecule has 0 saturated heterocycles. The summed E-state index contributed by atoms with van der Waals surface area (Å²) in [6, 6.07) is 7.23. The van der Waals surface area contributed by atoms with Crippen LogP contribution in [0, 0.1) is 0 Å². The summed E-state index contributed by atoms with van der Waals surface area (Å²) in [4.78, 5) is 16.0. The van der Waals surface area contributed by atoms with Gasteiger partial charge in [-0.15, -0.1) is 0 Å². The molecule has 1 aromatic heterocycles. The number of hydrogen-bond donors (Lipinski definition) is 1. The van der Waals surface area contributed by atoms with E-state index in [0.717, 1.165) is 0 Å². The van der Waals surface area contributed by atoms with Crippen molar-refractivity contribution in [3.8, 4) is 11.4 Å². The Kier molecular flexibility index (Phi) is 5.91. The highest BCUT2D eigenvalue weighted by Gasteiger charge is 2.13. The smallest absolute Gasteiger partial charge is 0.227 e. The van der Waals surface area contributed by atoms with Gasteiger partial charge in [-0.2, -0.15) is 4.98 Å². The van der Waals surface area contributed by atoms with Gasteiger partial charge in [0, 0.05) is 31.6 Å². The lowest BCUT2D eigenvalue weighted by Crippen LogP contribution is -2.35. The largest absolute Gasteiger partial charge is 0.383 e. The van der Waals surface area contributed by atoms with Crippen molar-refractivity contribution in [2.75, 3.05) is 13.7 Å². The number of halogens is 1. The van der Waals surface area contributed by atoms with Crippen molar-refractivity contribution in [3.05, 3.63) is 35.2 Å². The van der Waals surface area contributed by atoms with E-state index in [2.05, 4.69) is 15.5 Å². The molecule has 0 bridgehead atoms. The van der Waals surface area contributed by atoms with Crippen LogP contribution in [0.2, 0.25) is 5.02 Å². The van der Waals surface area contributed by atoms with E-state index in [1.54, 1.807) is 13.2 Å². The Balaban J connectivity index is 1.90. The second-order valence-corrected chi connectivity index (χ2v) is 5.32. The first kappa shape index (κ1) is 16.5. The third-order valence-corrected chi connectivity index (χ3v) is 3.30. The molecule has 0 saturated carbocycles. The van der Waals surface area contributed by atoms with E-state index in [1.807, 2.05) is 25.1 Å². The molecule has 0 aliphatic rings. The van der Waals surface area contributed by atoms with Crippen LogP contribution in [0.25, 0.3) is 11.4 Å². The van der Waals surface area contributed by atoms with E-state index >= 15 is 0 Å². The summed E-state index contributed by atoms with van der Waals surface area (Å²) in [7, 11) is 1.59. The van der Waals surface area contributed by atoms with Crippen molar-refractivity contribution >= 4 is 17.5 Å². The van der Waals surface area contributed by atoms with Crippen LogP contribution in [-0.2, 0) is 16.0 Å². The number of aryl methyl sites for hydroxylation is 1. The van der Waals surface area contributed by atoms with Gasteiger partial charge >= 0.3 is 0 Å². The third kappa shape index (κ3) is 4.54. The minimum Gasteiger partial charge on any atom is -0.383 e. The first-order valence-corrected chi connectivity index (χ1v) is 7.33. The molecule has 1 heterocycles. The van der Waals surface area contributed by atoms with E-state index < -0.39 is 0 Å². The van der Waals surface area contributed by atoms with Gasteiger partial charge in [0.25, 0.3) is 0 Å². The van der Waals surface area contributed by atoms with E-state index in [-0.39, 0.29) is 18.4 Å². The van der Waals surface area contributed by atoms with Crippen LogP contribution in [0.15, 0.2) is 28.8 Å². The quantitative estimate of drug-likeness (QED) is 0.847. The summed E-state index contributed by atoms with van der Waals surface area (Å²) in [6.45, 7) is 2.35. The number of benzene rings is 1. The predicted molar refractivity (Wildman–Crippen MR) is 82.5 cm³/mol. The summed E-state index contributed by atoms with van der Waals surface area (Å²) in [5.74, 6) is 0.750. The van der Waals surface area contributed by atoms with E-state index in [9.17, 15) is 4.79 Å². The Morgan fingerprint density at radius 3 is 2.95 bits per heavy atom. The summed E-state index contributed by atoms with van der Waals surface area (Å²) in [5.41, 5.74) is 0.706. The molecular weight excluding hydrogens is 306 g/mol. The van der Waals surface area contributed by atoms with Crippen molar-refractivity contribution in [2.45, 2.75) is 25.8 Å². The fraction of sp³-hybridized carbons (Fsp3) is 0.400. The highest BCUT2D eigenvalue weighted by molar-refractivity contribution is 6.33. The average molecular weight is 324 g/mol. The highest BCUT2D eigenvalue weighted by Crippen LogP contribution is 2.24. The van der Waals surface area contributed by atoms with Crippen LogP contribution in [0.3, 0.4) is 0 Å². The molecule has 0 spiro atoms. The second-order valence-electron chi connectivity index (χ2n) is 4.92. The number of ether oxygens (including phenoxy) is 1. The lowest BCUT2D eigenvalue weighted by Gasteiger charge is -2.11. The summed E-state index contributed by atoms with van der Waals surface area (Å²) >= 11 is 6.08. The van der Waals surface area contributed by atoms with Crippen LogP contribution in [-0.4, -0.2) is 35.8 Å². The molecule has 0 aliphatic carbocycles. The van der Waals surface area contributed by atoms with Crippen molar-refractivity contribution in [1.29, 1.82) is 0 Å². The van der Waals surface area contributed by atoms with Crippen molar-refractivity contribution in [3.63, 3.8) is 0 Å². The monoisotopic (exact) mass is 323 g/mol. The molecule has 2 aromatic rings. The van der Waals surface area contributed by atoms with Crippen LogP contribution in [0.4, 0.5) is 0 Å². The summed E-state index contributed by atoms with van der Waals surface area (Å²) < 4.78 is 10.1. The van der Waals surface area contributed by atoms with Crippen LogP contribution >= 0.6 is 11.6 Å². The number of methoxy groups -OCH3 is 1. The summed E-state index contributed by atoms with van der Waals surface area (Å²) in [5, 5.41) is 7.27. The summed E-state index contributed by atoms with van der Waals surface area (Å²) in [6.07, 6.45) is 0.654. The van der Waals surface area contributed by atoms with Crippen LogP contribution in [0.1, 0.15) is 19.2 Å². The lowest BCUT2D eigenvalue weighted by molar-refractivity contribution is -0.122. The maximum absolute atomic E-state index is 11.8. The fourth-order valence-electron chi connectivity index (χ4n) is 1.97. The maximum atomic E-state index is 11.8. The Labute approximate surface area is 133 Å². The zero-order chi connectivity index (χ0) is 15.9. The highest BCUT2D eigenvalue weighted by atomic mass is 35.5. The molecule has 0 fully saturated rings. The SMILES string of the molecule is COCC(C)NC(=O)CCc1nc(-c2ccccc2Cl)no1. The van der Waals surface area contributed by atoms with Gasteiger partial charge in [0.15, 0.2) is 0 Å². The minimum atomic E-state index is -0.0814. The Bertz CT molecular complexity index is 630. The van der Waals surface area contributed by atoms with Crippen LogP contribution < -0.4 is 5.32 Å². The number of nitrogens with one attached hydrogen (secondary N) is 1. The second kappa shape index (κ2) is 7.91. The maximum Gasteiger partial charge on any atom is 0.227 e. The first-order valence-electron chi connectivity index (χ1n) is 6.96. The molecule has 1 atom stereocenters. The molecule has 118 valence electrons. The van der Waals surface area contributed by atoms with Gasteiger partial charge in [-0.25, -0.2) is 0 Å². The molecular formula is C15H18ClN3O3. The average Bonchev–Trinajstić information content (AvgIpc) is 2.94.